The Kier molecular flexibility index (Phi) is 4.39. The number of amides is 1. The number of carbonyl (C=O) groups excluding carboxylic acids is 1. The molecule has 0 fully saturated rings. The molecule has 1 aromatic carbocycles. The van der Waals surface area contributed by atoms with Gasteiger partial charge in [0.25, 0.3) is 5.91 Å². The lowest BCUT2D eigenvalue weighted by Gasteiger charge is -2.41. The molecule has 1 N–H and O–H groups in total. The first kappa shape index (κ1) is 16.9. The van der Waals surface area contributed by atoms with Gasteiger partial charge in [-0.1, -0.05) is 12.1 Å². The van der Waals surface area contributed by atoms with E-state index in [1.165, 1.54) is 12.3 Å². The summed E-state index contributed by atoms with van der Waals surface area (Å²) in [5.74, 6) is -0.130. The Hall–Kier alpha value is -2.96. The van der Waals surface area contributed by atoms with Crippen LogP contribution in [0.3, 0.4) is 0 Å². The van der Waals surface area contributed by atoms with Gasteiger partial charge in [-0.2, -0.15) is 0 Å². The highest BCUT2D eigenvalue weighted by Crippen LogP contribution is 2.23. The predicted octanol–water partition coefficient (Wildman–Crippen LogP) is 1.52. The zero-order valence-electron chi connectivity index (χ0n) is 14.5. The van der Waals surface area contributed by atoms with Crippen molar-refractivity contribution in [2.45, 2.75) is 26.4 Å². The van der Waals surface area contributed by atoms with Gasteiger partial charge in [-0.15, -0.1) is 0 Å². The Labute approximate surface area is 145 Å². The van der Waals surface area contributed by atoms with E-state index < -0.39 is 11.2 Å². The zero-order valence-corrected chi connectivity index (χ0v) is 14.5. The van der Waals surface area contributed by atoms with Gasteiger partial charge in [0.05, 0.1) is 13.7 Å². The molecule has 1 aliphatic rings. The number of carbonyl (C=O) groups is 1. The first-order valence-electron chi connectivity index (χ1n) is 8.06. The monoisotopic (exact) mass is 343 g/mol. The van der Waals surface area contributed by atoms with Crippen LogP contribution in [0.25, 0.3) is 0 Å². The predicted molar refractivity (Wildman–Crippen MR) is 93.5 cm³/mol. The maximum Gasteiger partial charge on any atom is 0.278 e. The molecule has 7 nitrogen and oxygen atoms in total. The van der Waals surface area contributed by atoms with Gasteiger partial charge in [0.1, 0.15) is 12.4 Å². The van der Waals surface area contributed by atoms with Crippen LogP contribution in [0.15, 0.2) is 41.3 Å². The number of benzene rings is 1. The molecular formula is C18H21N3O4. The molecule has 7 heteroatoms. The lowest BCUT2D eigenvalue weighted by molar-refractivity contribution is 0.0628. The van der Waals surface area contributed by atoms with Crippen molar-refractivity contribution in [1.29, 1.82) is 0 Å². The van der Waals surface area contributed by atoms with E-state index in [2.05, 4.69) is 0 Å². The summed E-state index contributed by atoms with van der Waals surface area (Å²) in [5, 5.41) is 12.0. The van der Waals surface area contributed by atoms with Crippen LogP contribution in [0.1, 0.15) is 29.9 Å². The Morgan fingerprint density at radius 1 is 1.24 bits per heavy atom. The third kappa shape index (κ3) is 3.05. The van der Waals surface area contributed by atoms with E-state index in [1.54, 1.807) is 16.7 Å². The quantitative estimate of drug-likeness (QED) is 0.911. The molecule has 0 aliphatic carbocycles. The van der Waals surface area contributed by atoms with E-state index in [4.69, 9.17) is 4.74 Å². The zero-order chi connectivity index (χ0) is 18.1. The van der Waals surface area contributed by atoms with E-state index >= 15 is 0 Å². The largest absolute Gasteiger partial charge is 0.502 e. The van der Waals surface area contributed by atoms with Gasteiger partial charge in [-0.25, -0.2) is 0 Å². The molecule has 0 atom stereocenters. The molecule has 1 amide bonds. The molecule has 3 rings (SSSR count). The molecule has 1 aliphatic heterocycles. The normalized spacial score (nSPS) is 14.0. The summed E-state index contributed by atoms with van der Waals surface area (Å²) in [5.41, 5.74) is 0.420. The van der Waals surface area contributed by atoms with Crippen molar-refractivity contribution >= 4 is 5.91 Å². The minimum Gasteiger partial charge on any atom is -0.502 e. The van der Waals surface area contributed by atoms with E-state index in [9.17, 15) is 14.7 Å². The first-order valence-corrected chi connectivity index (χ1v) is 8.06. The minimum atomic E-state index is -0.563. The number of pyridine rings is 1. The number of nitrogens with zero attached hydrogens (tertiary/aromatic N) is 3. The summed E-state index contributed by atoms with van der Waals surface area (Å²) in [4.78, 5) is 26.1. The van der Waals surface area contributed by atoms with Crippen LogP contribution in [0.2, 0.25) is 0 Å². The topological polar surface area (TPSA) is 75.0 Å². The second-order valence-electron chi connectivity index (χ2n) is 6.25. The molecule has 0 spiro atoms. The number of hydrogen-bond acceptors (Lipinski definition) is 5. The molecule has 2 aromatic rings. The maximum atomic E-state index is 12.7. The molecule has 25 heavy (non-hydrogen) atoms. The summed E-state index contributed by atoms with van der Waals surface area (Å²) >= 11 is 0. The summed E-state index contributed by atoms with van der Waals surface area (Å²) in [6.45, 7) is 4.64. The van der Waals surface area contributed by atoms with Crippen LogP contribution >= 0.6 is 0 Å². The van der Waals surface area contributed by atoms with Crippen molar-refractivity contribution in [3.63, 3.8) is 0 Å². The van der Waals surface area contributed by atoms with Crippen LogP contribution in [0, 0.1) is 0 Å². The fourth-order valence-electron chi connectivity index (χ4n) is 2.90. The third-order valence-electron chi connectivity index (χ3n) is 4.26. The fourth-order valence-corrected chi connectivity index (χ4v) is 2.90. The van der Waals surface area contributed by atoms with E-state index in [0.717, 1.165) is 11.3 Å². The van der Waals surface area contributed by atoms with Crippen molar-refractivity contribution in [3.05, 3.63) is 58.0 Å². The molecule has 0 saturated heterocycles. The van der Waals surface area contributed by atoms with E-state index in [-0.39, 0.29) is 17.6 Å². The molecule has 0 saturated carbocycles. The van der Waals surface area contributed by atoms with E-state index in [1.807, 2.05) is 43.1 Å². The number of ether oxygens (including phenoxy) is 1. The molecule has 2 heterocycles. The molecule has 132 valence electrons. The van der Waals surface area contributed by atoms with Crippen LogP contribution < -0.4 is 15.2 Å². The second-order valence-corrected chi connectivity index (χ2v) is 6.25. The van der Waals surface area contributed by atoms with Gasteiger partial charge in [0, 0.05) is 18.3 Å². The molecule has 0 radical (unpaired) electrons. The Morgan fingerprint density at radius 3 is 2.68 bits per heavy atom. The van der Waals surface area contributed by atoms with Gasteiger partial charge in [-0.05, 0) is 31.5 Å². The number of hydrogen-bond donors (Lipinski definition) is 1. The average Bonchev–Trinajstić information content (AvgIpc) is 2.59. The SMILES string of the molecule is COc1cccc(CN2CN(C(C)C)C(=O)c3c(O)c(=O)ccn32)c1. The van der Waals surface area contributed by atoms with Gasteiger partial charge in [-0.3, -0.25) is 19.3 Å². The lowest BCUT2D eigenvalue weighted by atomic mass is 10.2. The van der Waals surface area contributed by atoms with Crippen molar-refractivity contribution in [3.8, 4) is 11.5 Å². The first-order chi connectivity index (χ1) is 11.9. The number of aromatic nitrogens is 1. The summed E-state index contributed by atoms with van der Waals surface area (Å²) < 4.78 is 6.81. The highest BCUT2D eigenvalue weighted by molar-refractivity contribution is 5.96. The average molecular weight is 343 g/mol. The minimum absolute atomic E-state index is 0.00431. The third-order valence-corrected chi connectivity index (χ3v) is 4.26. The molecule has 0 unspecified atom stereocenters. The van der Waals surface area contributed by atoms with Gasteiger partial charge in [0.15, 0.2) is 11.4 Å². The second kappa shape index (κ2) is 6.51. The Bertz CT molecular complexity index is 860. The van der Waals surface area contributed by atoms with Gasteiger partial charge < -0.3 is 14.7 Å². The maximum absolute atomic E-state index is 12.7. The number of fused-ring (bicyclic) bond motifs is 1. The summed E-state index contributed by atoms with van der Waals surface area (Å²) in [7, 11) is 1.61. The Morgan fingerprint density at radius 2 is 2.00 bits per heavy atom. The lowest BCUT2D eigenvalue weighted by Crippen LogP contribution is -2.55. The van der Waals surface area contributed by atoms with Crippen LogP contribution in [-0.2, 0) is 6.54 Å². The number of rotatable bonds is 4. The molecule has 1 aromatic heterocycles. The standard InChI is InChI=1S/C18H21N3O4/c1-12(2)20-11-19(10-13-5-4-6-14(9-13)25-3)21-8-7-15(22)17(23)16(21)18(20)24/h4-9,12,23H,10-11H2,1-3H3. The number of methoxy groups -OCH3 is 1. The van der Waals surface area contributed by atoms with Crippen LogP contribution in [0.5, 0.6) is 11.5 Å². The van der Waals surface area contributed by atoms with E-state index in [0.29, 0.717) is 13.2 Å². The molecule has 0 bridgehead atoms. The van der Waals surface area contributed by atoms with Crippen LogP contribution in [0.4, 0.5) is 0 Å². The highest BCUT2D eigenvalue weighted by Gasteiger charge is 2.33. The highest BCUT2D eigenvalue weighted by atomic mass is 16.5. The van der Waals surface area contributed by atoms with Crippen molar-refractivity contribution < 1.29 is 14.6 Å². The van der Waals surface area contributed by atoms with Crippen molar-refractivity contribution in [2.24, 2.45) is 0 Å². The Balaban J connectivity index is 2.04. The smallest absolute Gasteiger partial charge is 0.278 e. The molecular weight excluding hydrogens is 322 g/mol. The summed E-state index contributed by atoms with van der Waals surface area (Å²) in [6.07, 6.45) is 1.52. The van der Waals surface area contributed by atoms with Crippen LogP contribution in [-0.4, -0.2) is 40.4 Å². The fraction of sp³-hybridized carbons (Fsp3) is 0.333. The van der Waals surface area contributed by atoms with Gasteiger partial charge >= 0.3 is 0 Å². The van der Waals surface area contributed by atoms with Crippen molar-refractivity contribution in [2.75, 3.05) is 18.8 Å². The number of aromatic hydroxyl groups is 1. The summed E-state index contributed by atoms with van der Waals surface area (Å²) in [6, 6.07) is 8.83. The van der Waals surface area contributed by atoms with Gasteiger partial charge in [0.2, 0.25) is 5.43 Å². The van der Waals surface area contributed by atoms with Crippen molar-refractivity contribution in [1.82, 2.24) is 9.58 Å².